The molecule has 2 aromatic rings. The lowest BCUT2D eigenvalue weighted by Crippen LogP contribution is -2.39. The standard InChI is InChI=1S/C25H29N5O7/c1-15-7-10-17(36-15)13-28(18-5-3-4-6-19(18)35-2)22(31)11-20-26-21(37-27-20)14-30-24(33)23(32)29(25(30)34)12-16-8-9-16/h3-6,15-17H,7-14H2,1-2H3/t15-,17-/m0/s1. The Hall–Kier alpha value is -3.80. The number of benzene rings is 1. The van der Waals surface area contributed by atoms with Crippen molar-refractivity contribution in [2.75, 3.05) is 25.1 Å². The molecule has 1 aromatic heterocycles. The maximum absolute atomic E-state index is 13.4. The average Bonchev–Trinajstić information content (AvgIpc) is 3.40. The van der Waals surface area contributed by atoms with Crippen molar-refractivity contribution >= 4 is 29.4 Å². The van der Waals surface area contributed by atoms with E-state index in [2.05, 4.69) is 10.1 Å². The first-order valence-corrected chi connectivity index (χ1v) is 12.4. The Morgan fingerprint density at radius 1 is 1.11 bits per heavy atom. The van der Waals surface area contributed by atoms with Gasteiger partial charge in [0.15, 0.2) is 5.82 Å². The van der Waals surface area contributed by atoms with Crippen LogP contribution in [-0.4, -0.2) is 76.1 Å². The molecule has 1 aliphatic carbocycles. The van der Waals surface area contributed by atoms with Gasteiger partial charge in [0.1, 0.15) is 12.3 Å². The van der Waals surface area contributed by atoms with E-state index in [0.29, 0.717) is 18.0 Å². The molecule has 0 spiro atoms. The largest absolute Gasteiger partial charge is 0.495 e. The minimum absolute atomic E-state index is 0.0395. The van der Waals surface area contributed by atoms with Crippen molar-refractivity contribution in [3.8, 4) is 5.75 Å². The number of carbonyl (C=O) groups is 4. The maximum atomic E-state index is 13.4. The van der Waals surface area contributed by atoms with Crippen molar-refractivity contribution in [2.24, 2.45) is 5.92 Å². The molecule has 0 radical (unpaired) electrons. The lowest BCUT2D eigenvalue weighted by atomic mass is 10.1. The van der Waals surface area contributed by atoms with Gasteiger partial charge in [-0.2, -0.15) is 4.98 Å². The second kappa shape index (κ2) is 10.3. The number of nitrogens with zero attached hydrogens (tertiary/aromatic N) is 5. The summed E-state index contributed by atoms with van der Waals surface area (Å²) in [5.74, 6) is -1.20. The number of hydrogen-bond donors (Lipinski definition) is 0. The lowest BCUT2D eigenvalue weighted by molar-refractivity contribution is -0.143. The van der Waals surface area contributed by atoms with Crippen LogP contribution < -0.4 is 9.64 Å². The molecule has 1 aromatic carbocycles. The highest BCUT2D eigenvalue weighted by atomic mass is 16.5. The summed E-state index contributed by atoms with van der Waals surface area (Å²) in [5, 5.41) is 3.86. The van der Waals surface area contributed by atoms with E-state index in [-0.39, 0.29) is 55.3 Å². The predicted molar refractivity (Wildman–Crippen MR) is 127 cm³/mol. The number of carbonyl (C=O) groups excluding carboxylic acids is 4. The van der Waals surface area contributed by atoms with Crippen LogP contribution in [-0.2, 0) is 32.1 Å². The molecule has 196 valence electrons. The van der Waals surface area contributed by atoms with E-state index in [4.69, 9.17) is 14.0 Å². The van der Waals surface area contributed by atoms with Gasteiger partial charge in [-0.15, -0.1) is 0 Å². The molecule has 2 atom stereocenters. The molecule has 0 N–H and O–H groups in total. The summed E-state index contributed by atoms with van der Waals surface area (Å²) in [5.41, 5.74) is 0.601. The van der Waals surface area contributed by atoms with E-state index >= 15 is 0 Å². The van der Waals surface area contributed by atoms with Crippen molar-refractivity contribution in [1.29, 1.82) is 0 Å². The molecule has 2 saturated heterocycles. The number of urea groups is 1. The van der Waals surface area contributed by atoms with Crippen molar-refractivity contribution < 1.29 is 33.2 Å². The van der Waals surface area contributed by atoms with Crippen LogP contribution in [0.25, 0.3) is 0 Å². The summed E-state index contributed by atoms with van der Waals surface area (Å²) in [6.45, 7) is 2.25. The third-order valence-electron chi connectivity index (χ3n) is 6.77. The minimum Gasteiger partial charge on any atom is -0.495 e. The number of para-hydroxylation sites is 2. The van der Waals surface area contributed by atoms with Gasteiger partial charge in [-0.3, -0.25) is 19.3 Å². The number of amides is 5. The Kier molecular flexibility index (Phi) is 6.92. The van der Waals surface area contributed by atoms with Gasteiger partial charge < -0.3 is 18.9 Å². The molecule has 5 amide bonds. The van der Waals surface area contributed by atoms with Gasteiger partial charge in [0.25, 0.3) is 0 Å². The van der Waals surface area contributed by atoms with Crippen LogP contribution in [0.3, 0.4) is 0 Å². The zero-order valence-corrected chi connectivity index (χ0v) is 20.8. The smallest absolute Gasteiger partial charge is 0.334 e. The number of rotatable bonds is 10. The monoisotopic (exact) mass is 511 g/mol. The fraction of sp³-hybridized carbons (Fsp3) is 0.520. The van der Waals surface area contributed by atoms with Crippen molar-refractivity contribution in [3.05, 3.63) is 36.0 Å². The van der Waals surface area contributed by atoms with Gasteiger partial charge in [0.2, 0.25) is 11.8 Å². The molecule has 2 aliphatic heterocycles. The molecule has 3 heterocycles. The Morgan fingerprint density at radius 3 is 2.57 bits per heavy atom. The Balaban J connectivity index is 1.28. The number of methoxy groups -OCH3 is 1. The second-order valence-electron chi connectivity index (χ2n) is 9.64. The summed E-state index contributed by atoms with van der Waals surface area (Å²) in [6.07, 6.45) is 3.45. The molecule has 5 rings (SSSR count). The lowest BCUT2D eigenvalue weighted by Gasteiger charge is -2.27. The SMILES string of the molecule is COc1ccccc1N(C[C@@H]1CC[C@H](C)O1)C(=O)Cc1noc(CN2C(=O)C(=O)N(CC3CC3)C2=O)n1. The fourth-order valence-electron chi connectivity index (χ4n) is 4.61. The topological polar surface area (TPSA) is 135 Å². The predicted octanol–water partition coefficient (Wildman–Crippen LogP) is 1.92. The van der Waals surface area contributed by atoms with E-state index in [1.165, 1.54) is 0 Å². The highest BCUT2D eigenvalue weighted by Crippen LogP contribution is 2.32. The van der Waals surface area contributed by atoms with Gasteiger partial charge in [0, 0.05) is 6.54 Å². The number of anilines is 1. The van der Waals surface area contributed by atoms with E-state index < -0.39 is 17.8 Å². The van der Waals surface area contributed by atoms with Crippen molar-refractivity contribution in [1.82, 2.24) is 19.9 Å². The van der Waals surface area contributed by atoms with Crippen LogP contribution in [0, 0.1) is 5.92 Å². The minimum atomic E-state index is -0.922. The van der Waals surface area contributed by atoms with Gasteiger partial charge in [0.05, 0.1) is 38.0 Å². The maximum Gasteiger partial charge on any atom is 0.334 e. The summed E-state index contributed by atoms with van der Waals surface area (Å²) >= 11 is 0. The molecule has 12 nitrogen and oxygen atoms in total. The van der Waals surface area contributed by atoms with E-state index in [1.807, 2.05) is 19.1 Å². The first-order valence-electron chi connectivity index (χ1n) is 12.4. The van der Waals surface area contributed by atoms with Crippen LogP contribution in [0.2, 0.25) is 0 Å². The number of imide groups is 2. The zero-order chi connectivity index (χ0) is 26.1. The molecule has 12 heteroatoms. The molecular formula is C25H29N5O7. The highest BCUT2D eigenvalue weighted by molar-refractivity contribution is 6.44. The molecule has 0 unspecified atom stereocenters. The fourth-order valence-corrected chi connectivity index (χ4v) is 4.61. The zero-order valence-electron chi connectivity index (χ0n) is 20.8. The Labute approximate surface area is 213 Å². The number of ether oxygens (including phenoxy) is 2. The van der Waals surface area contributed by atoms with Gasteiger partial charge in [-0.05, 0) is 50.7 Å². The van der Waals surface area contributed by atoms with Gasteiger partial charge in [-0.1, -0.05) is 17.3 Å². The van der Waals surface area contributed by atoms with Crippen molar-refractivity contribution in [2.45, 2.75) is 57.8 Å². The molecular weight excluding hydrogens is 482 g/mol. The third-order valence-corrected chi connectivity index (χ3v) is 6.77. The third kappa shape index (κ3) is 5.33. The highest BCUT2D eigenvalue weighted by Gasteiger charge is 2.46. The number of hydrogen-bond acceptors (Lipinski definition) is 9. The summed E-state index contributed by atoms with van der Waals surface area (Å²) in [7, 11) is 1.54. The normalized spacial score (nSPS) is 21.7. The molecule has 3 fully saturated rings. The second-order valence-corrected chi connectivity index (χ2v) is 9.64. The first kappa shape index (κ1) is 24.9. The number of aromatic nitrogens is 2. The van der Waals surface area contributed by atoms with Crippen LogP contribution in [0.1, 0.15) is 44.3 Å². The van der Waals surface area contributed by atoms with Crippen LogP contribution >= 0.6 is 0 Å². The molecule has 3 aliphatic rings. The summed E-state index contributed by atoms with van der Waals surface area (Å²) < 4.78 is 16.6. The van der Waals surface area contributed by atoms with Crippen LogP contribution in [0.5, 0.6) is 5.75 Å². The first-order chi connectivity index (χ1) is 17.8. The van der Waals surface area contributed by atoms with Gasteiger partial charge in [-0.25, -0.2) is 9.69 Å². The molecule has 1 saturated carbocycles. The van der Waals surface area contributed by atoms with E-state index in [1.54, 1.807) is 24.1 Å². The van der Waals surface area contributed by atoms with Crippen LogP contribution in [0.15, 0.2) is 28.8 Å². The van der Waals surface area contributed by atoms with Crippen LogP contribution in [0.4, 0.5) is 10.5 Å². The Morgan fingerprint density at radius 2 is 1.86 bits per heavy atom. The molecule has 0 bridgehead atoms. The van der Waals surface area contributed by atoms with Gasteiger partial charge >= 0.3 is 17.8 Å². The Bertz CT molecular complexity index is 1210. The quantitative estimate of drug-likeness (QED) is 0.346. The summed E-state index contributed by atoms with van der Waals surface area (Å²) in [4.78, 5) is 58.2. The van der Waals surface area contributed by atoms with E-state index in [0.717, 1.165) is 35.5 Å². The summed E-state index contributed by atoms with van der Waals surface area (Å²) in [6, 6.07) is 6.53. The van der Waals surface area contributed by atoms with E-state index in [9.17, 15) is 19.2 Å². The average molecular weight is 512 g/mol. The molecule has 37 heavy (non-hydrogen) atoms. The van der Waals surface area contributed by atoms with Crippen molar-refractivity contribution in [3.63, 3.8) is 0 Å².